The third-order valence-corrected chi connectivity index (χ3v) is 3.10. The molecule has 0 aliphatic rings. The number of nitrogens with zero attached hydrogens (tertiary/aromatic N) is 4. The van der Waals surface area contributed by atoms with Gasteiger partial charge in [-0.1, -0.05) is 13.8 Å². The quantitative estimate of drug-likeness (QED) is 0.746. The first kappa shape index (κ1) is 16.9. The standard InChI is InChI=1S/C15H29N5/c1-6-20(9-7-8-19(4)5)15-12-16-10-14(18-15)11-17-13(2)3/h10,12-13,17H,6-9,11H2,1-5H3. The molecule has 114 valence electrons. The fourth-order valence-electron chi connectivity index (χ4n) is 1.95. The second-order valence-electron chi connectivity index (χ2n) is 5.64. The van der Waals surface area contributed by atoms with Crippen LogP contribution in [0.5, 0.6) is 0 Å². The molecule has 0 aliphatic heterocycles. The van der Waals surface area contributed by atoms with Gasteiger partial charge in [-0.05, 0) is 34.0 Å². The molecule has 5 heteroatoms. The normalized spacial score (nSPS) is 11.3. The Morgan fingerprint density at radius 2 is 1.95 bits per heavy atom. The van der Waals surface area contributed by atoms with Gasteiger partial charge in [-0.15, -0.1) is 0 Å². The van der Waals surface area contributed by atoms with Gasteiger partial charge in [0.15, 0.2) is 0 Å². The van der Waals surface area contributed by atoms with Crippen molar-refractivity contribution in [2.24, 2.45) is 0 Å². The van der Waals surface area contributed by atoms with E-state index in [1.54, 1.807) is 0 Å². The molecule has 0 radical (unpaired) electrons. The van der Waals surface area contributed by atoms with Gasteiger partial charge in [-0.3, -0.25) is 4.98 Å². The van der Waals surface area contributed by atoms with Gasteiger partial charge in [-0.2, -0.15) is 0 Å². The number of hydrogen-bond donors (Lipinski definition) is 1. The zero-order chi connectivity index (χ0) is 15.0. The molecule has 0 saturated carbocycles. The Bertz CT molecular complexity index is 378. The van der Waals surface area contributed by atoms with Crippen molar-refractivity contribution >= 4 is 5.82 Å². The summed E-state index contributed by atoms with van der Waals surface area (Å²) < 4.78 is 0. The highest BCUT2D eigenvalue weighted by Crippen LogP contribution is 2.10. The molecule has 20 heavy (non-hydrogen) atoms. The monoisotopic (exact) mass is 279 g/mol. The van der Waals surface area contributed by atoms with Crippen LogP contribution in [0.15, 0.2) is 12.4 Å². The molecule has 0 atom stereocenters. The van der Waals surface area contributed by atoms with E-state index in [0.717, 1.165) is 44.1 Å². The minimum Gasteiger partial charge on any atom is -0.356 e. The lowest BCUT2D eigenvalue weighted by Gasteiger charge is -2.23. The van der Waals surface area contributed by atoms with Crippen LogP contribution < -0.4 is 10.2 Å². The largest absolute Gasteiger partial charge is 0.356 e. The molecule has 0 amide bonds. The summed E-state index contributed by atoms with van der Waals surface area (Å²) in [6.45, 7) is 10.3. The van der Waals surface area contributed by atoms with Gasteiger partial charge in [0.2, 0.25) is 0 Å². The molecule has 1 rings (SSSR count). The number of aromatic nitrogens is 2. The van der Waals surface area contributed by atoms with E-state index in [0.29, 0.717) is 6.04 Å². The summed E-state index contributed by atoms with van der Waals surface area (Å²) >= 11 is 0. The molecule has 1 N–H and O–H groups in total. The summed E-state index contributed by atoms with van der Waals surface area (Å²) in [7, 11) is 4.21. The number of nitrogens with one attached hydrogen (secondary N) is 1. The van der Waals surface area contributed by atoms with Crippen molar-refractivity contribution in [3.63, 3.8) is 0 Å². The SMILES string of the molecule is CCN(CCCN(C)C)c1cncc(CNC(C)C)n1. The van der Waals surface area contributed by atoms with Gasteiger partial charge in [0.25, 0.3) is 0 Å². The van der Waals surface area contributed by atoms with Crippen molar-refractivity contribution in [2.75, 3.05) is 38.6 Å². The first-order chi connectivity index (χ1) is 9.52. The van der Waals surface area contributed by atoms with E-state index in [9.17, 15) is 0 Å². The van der Waals surface area contributed by atoms with Crippen molar-refractivity contribution < 1.29 is 0 Å². The molecule has 0 aromatic carbocycles. The predicted octanol–water partition coefficient (Wildman–Crippen LogP) is 1.75. The maximum Gasteiger partial charge on any atom is 0.147 e. The van der Waals surface area contributed by atoms with E-state index in [2.05, 4.69) is 55.0 Å². The summed E-state index contributed by atoms with van der Waals surface area (Å²) in [5, 5.41) is 3.38. The lowest BCUT2D eigenvalue weighted by Crippen LogP contribution is -2.28. The van der Waals surface area contributed by atoms with Crippen LogP contribution in [-0.2, 0) is 6.54 Å². The molecule has 0 bridgehead atoms. The number of anilines is 1. The molecule has 0 unspecified atom stereocenters. The topological polar surface area (TPSA) is 44.3 Å². The van der Waals surface area contributed by atoms with Gasteiger partial charge in [0.05, 0.1) is 11.9 Å². The first-order valence-electron chi connectivity index (χ1n) is 7.47. The fraction of sp³-hybridized carbons (Fsp3) is 0.733. The van der Waals surface area contributed by atoms with Crippen LogP contribution in [-0.4, -0.2) is 54.6 Å². The Labute approximate surface area is 123 Å². The molecule has 1 aromatic heterocycles. The summed E-state index contributed by atoms with van der Waals surface area (Å²) in [5.74, 6) is 0.981. The van der Waals surface area contributed by atoms with Crippen LogP contribution >= 0.6 is 0 Å². The maximum atomic E-state index is 4.70. The zero-order valence-electron chi connectivity index (χ0n) is 13.6. The van der Waals surface area contributed by atoms with Crippen LogP contribution in [0.4, 0.5) is 5.82 Å². The third-order valence-electron chi connectivity index (χ3n) is 3.10. The summed E-state index contributed by atoms with van der Waals surface area (Å²) in [4.78, 5) is 13.5. The molecular formula is C15H29N5. The van der Waals surface area contributed by atoms with Gasteiger partial charge < -0.3 is 15.1 Å². The maximum absolute atomic E-state index is 4.70. The number of rotatable bonds is 9. The molecule has 0 saturated heterocycles. The summed E-state index contributed by atoms with van der Waals surface area (Å²) in [6.07, 6.45) is 4.83. The Hall–Kier alpha value is -1.20. The van der Waals surface area contributed by atoms with Crippen molar-refractivity contribution in [1.82, 2.24) is 20.2 Å². The van der Waals surface area contributed by atoms with Crippen LogP contribution in [0.1, 0.15) is 32.9 Å². The number of hydrogen-bond acceptors (Lipinski definition) is 5. The average molecular weight is 279 g/mol. The highest BCUT2D eigenvalue weighted by molar-refractivity contribution is 5.35. The van der Waals surface area contributed by atoms with E-state index in [1.165, 1.54) is 0 Å². The second kappa shape index (κ2) is 8.87. The Kier molecular flexibility index (Phi) is 7.47. The van der Waals surface area contributed by atoms with E-state index in [-0.39, 0.29) is 0 Å². The van der Waals surface area contributed by atoms with Crippen LogP contribution in [0.3, 0.4) is 0 Å². The molecule has 0 spiro atoms. The highest BCUT2D eigenvalue weighted by atomic mass is 15.2. The van der Waals surface area contributed by atoms with Crippen molar-refractivity contribution in [3.8, 4) is 0 Å². The Morgan fingerprint density at radius 1 is 1.20 bits per heavy atom. The van der Waals surface area contributed by atoms with Crippen molar-refractivity contribution in [2.45, 2.75) is 39.8 Å². The zero-order valence-corrected chi connectivity index (χ0v) is 13.6. The summed E-state index contributed by atoms with van der Waals surface area (Å²) in [5.41, 5.74) is 1.00. The minimum atomic E-state index is 0.461. The van der Waals surface area contributed by atoms with Crippen LogP contribution in [0.25, 0.3) is 0 Å². The first-order valence-corrected chi connectivity index (χ1v) is 7.47. The molecule has 5 nitrogen and oxygen atoms in total. The Balaban J connectivity index is 2.60. The third kappa shape index (κ3) is 6.30. The van der Waals surface area contributed by atoms with Gasteiger partial charge in [0.1, 0.15) is 5.82 Å². The van der Waals surface area contributed by atoms with Crippen molar-refractivity contribution in [3.05, 3.63) is 18.1 Å². The lowest BCUT2D eigenvalue weighted by atomic mass is 10.3. The Morgan fingerprint density at radius 3 is 2.55 bits per heavy atom. The van der Waals surface area contributed by atoms with Crippen LogP contribution in [0, 0.1) is 0 Å². The molecule has 1 heterocycles. The fourth-order valence-corrected chi connectivity index (χ4v) is 1.95. The molecule has 1 aromatic rings. The van der Waals surface area contributed by atoms with E-state index < -0.39 is 0 Å². The van der Waals surface area contributed by atoms with Crippen molar-refractivity contribution in [1.29, 1.82) is 0 Å². The predicted molar refractivity (Wildman–Crippen MR) is 85.1 cm³/mol. The average Bonchev–Trinajstić information content (AvgIpc) is 2.41. The smallest absolute Gasteiger partial charge is 0.147 e. The minimum absolute atomic E-state index is 0.461. The van der Waals surface area contributed by atoms with Gasteiger partial charge in [0, 0.05) is 31.9 Å². The van der Waals surface area contributed by atoms with E-state index >= 15 is 0 Å². The van der Waals surface area contributed by atoms with E-state index in [1.807, 2.05) is 12.4 Å². The molecular weight excluding hydrogens is 250 g/mol. The van der Waals surface area contributed by atoms with E-state index in [4.69, 9.17) is 4.98 Å². The van der Waals surface area contributed by atoms with Crippen LogP contribution in [0.2, 0.25) is 0 Å². The molecule has 0 aliphatic carbocycles. The second-order valence-corrected chi connectivity index (χ2v) is 5.64. The molecule has 0 fully saturated rings. The van der Waals surface area contributed by atoms with Gasteiger partial charge >= 0.3 is 0 Å². The van der Waals surface area contributed by atoms with Gasteiger partial charge in [-0.25, -0.2) is 4.98 Å². The summed E-state index contributed by atoms with van der Waals surface area (Å²) in [6, 6.07) is 0.461. The lowest BCUT2D eigenvalue weighted by molar-refractivity contribution is 0.400. The highest BCUT2D eigenvalue weighted by Gasteiger charge is 2.07.